The molecule has 0 fully saturated rings. The molecule has 2 rings (SSSR count). The number of benzene rings is 1. The molecule has 0 spiro atoms. The van der Waals surface area contributed by atoms with E-state index in [1.165, 1.54) is 0 Å². The number of rotatable bonds is 5. The van der Waals surface area contributed by atoms with Crippen molar-refractivity contribution < 1.29 is 9.47 Å². The minimum atomic E-state index is -0.0722. The number of nitrogens with zero attached hydrogens (tertiary/aromatic N) is 3. The summed E-state index contributed by atoms with van der Waals surface area (Å²) in [6, 6.07) is 5.92. The first-order chi connectivity index (χ1) is 9.97. The number of nitrogen functional groups attached to an aromatic ring is 1. The smallest absolute Gasteiger partial charge is 0.330 e. The summed E-state index contributed by atoms with van der Waals surface area (Å²) in [5.41, 5.74) is 3.47. The standard InChI is InChI=1S/C13H16BrN5O2/c1-7(2)20-12-16-11(19-15)17-13(18-12)21-10-5-4-8(3)6-9(10)14/h4-7H,15H2,1-3H3,(H,16,17,18,19). The second-order valence-electron chi connectivity index (χ2n) is 4.57. The molecule has 0 unspecified atom stereocenters. The number of aromatic nitrogens is 3. The number of hydrogen-bond acceptors (Lipinski definition) is 7. The van der Waals surface area contributed by atoms with Crippen molar-refractivity contribution in [2.24, 2.45) is 5.84 Å². The lowest BCUT2D eigenvalue weighted by Gasteiger charge is -2.11. The van der Waals surface area contributed by atoms with Gasteiger partial charge in [-0.2, -0.15) is 9.97 Å². The molecule has 0 bridgehead atoms. The molecule has 1 aromatic carbocycles. The Hall–Kier alpha value is -1.93. The Kier molecular flexibility index (Phi) is 4.92. The van der Waals surface area contributed by atoms with Crippen LogP contribution in [0.15, 0.2) is 22.7 Å². The molecule has 112 valence electrons. The van der Waals surface area contributed by atoms with Crippen LogP contribution in [-0.2, 0) is 0 Å². The van der Waals surface area contributed by atoms with E-state index in [1.54, 1.807) is 0 Å². The zero-order chi connectivity index (χ0) is 15.4. The molecule has 0 saturated carbocycles. The highest BCUT2D eigenvalue weighted by Gasteiger charge is 2.11. The van der Waals surface area contributed by atoms with Gasteiger partial charge in [0.05, 0.1) is 10.6 Å². The number of nitrogens with two attached hydrogens (primary N) is 1. The molecule has 0 amide bonds. The Morgan fingerprint density at radius 1 is 1.19 bits per heavy atom. The van der Waals surface area contributed by atoms with E-state index in [4.69, 9.17) is 15.3 Å². The van der Waals surface area contributed by atoms with Gasteiger partial charge in [0, 0.05) is 0 Å². The van der Waals surface area contributed by atoms with Crippen LogP contribution < -0.4 is 20.7 Å². The zero-order valence-electron chi connectivity index (χ0n) is 11.9. The summed E-state index contributed by atoms with van der Waals surface area (Å²) in [7, 11) is 0. The van der Waals surface area contributed by atoms with Crippen LogP contribution >= 0.6 is 15.9 Å². The number of nitrogens with one attached hydrogen (secondary N) is 1. The highest BCUT2D eigenvalue weighted by Crippen LogP contribution is 2.29. The van der Waals surface area contributed by atoms with Gasteiger partial charge in [-0.3, -0.25) is 5.43 Å². The molecular weight excluding hydrogens is 338 g/mol. The van der Waals surface area contributed by atoms with E-state index in [2.05, 4.69) is 36.3 Å². The van der Waals surface area contributed by atoms with Gasteiger partial charge in [-0.1, -0.05) is 6.07 Å². The van der Waals surface area contributed by atoms with Crippen molar-refractivity contribution in [1.82, 2.24) is 15.0 Å². The summed E-state index contributed by atoms with van der Waals surface area (Å²) in [6.07, 6.45) is -0.0722. The van der Waals surface area contributed by atoms with Crippen molar-refractivity contribution in [3.63, 3.8) is 0 Å². The van der Waals surface area contributed by atoms with Crippen LogP contribution in [0.4, 0.5) is 5.95 Å². The predicted octanol–water partition coefficient (Wildman–Crippen LogP) is 2.81. The van der Waals surface area contributed by atoms with Crippen molar-refractivity contribution in [3.05, 3.63) is 28.2 Å². The van der Waals surface area contributed by atoms with Crippen LogP contribution in [0.2, 0.25) is 0 Å². The van der Waals surface area contributed by atoms with Crippen molar-refractivity contribution in [1.29, 1.82) is 0 Å². The van der Waals surface area contributed by atoms with E-state index in [-0.39, 0.29) is 24.1 Å². The number of hydrogen-bond donors (Lipinski definition) is 2. The number of ether oxygens (including phenoxy) is 2. The third kappa shape index (κ3) is 4.27. The van der Waals surface area contributed by atoms with Crippen LogP contribution in [0.1, 0.15) is 19.4 Å². The Labute approximate surface area is 131 Å². The Bertz CT molecular complexity index is 636. The van der Waals surface area contributed by atoms with Crippen molar-refractivity contribution in [2.75, 3.05) is 5.43 Å². The minimum absolute atomic E-state index is 0.0722. The highest BCUT2D eigenvalue weighted by molar-refractivity contribution is 9.10. The molecule has 1 aromatic heterocycles. The largest absolute Gasteiger partial charge is 0.461 e. The Balaban J connectivity index is 2.29. The summed E-state index contributed by atoms with van der Waals surface area (Å²) in [5, 5.41) is 0. The second kappa shape index (κ2) is 6.68. The normalized spacial score (nSPS) is 10.6. The number of aryl methyl sites for hydroxylation is 1. The minimum Gasteiger partial charge on any atom is -0.461 e. The molecule has 3 N–H and O–H groups in total. The molecule has 0 atom stereocenters. The van der Waals surface area contributed by atoms with Crippen molar-refractivity contribution in [3.8, 4) is 17.8 Å². The molecule has 7 nitrogen and oxygen atoms in total. The van der Waals surface area contributed by atoms with Crippen LogP contribution in [0.3, 0.4) is 0 Å². The maximum atomic E-state index is 5.64. The lowest BCUT2D eigenvalue weighted by molar-refractivity contribution is 0.218. The molecule has 2 aromatic rings. The molecule has 0 aliphatic heterocycles. The van der Waals surface area contributed by atoms with Gasteiger partial charge in [0.1, 0.15) is 5.75 Å². The summed E-state index contributed by atoms with van der Waals surface area (Å²) < 4.78 is 11.9. The molecule has 21 heavy (non-hydrogen) atoms. The number of hydrazine groups is 1. The molecule has 0 aliphatic carbocycles. The van der Waals surface area contributed by atoms with Crippen LogP contribution in [-0.4, -0.2) is 21.1 Å². The van der Waals surface area contributed by atoms with E-state index < -0.39 is 0 Å². The zero-order valence-corrected chi connectivity index (χ0v) is 13.5. The van der Waals surface area contributed by atoms with E-state index in [9.17, 15) is 0 Å². The lowest BCUT2D eigenvalue weighted by Crippen LogP contribution is -2.15. The third-order valence-corrected chi connectivity index (χ3v) is 2.97. The summed E-state index contributed by atoms with van der Waals surface area (Å²) >= 11 is 3.43. The fourth-order valence-electron chi connectivity index (χ4n) is 1.50. The fourth-order valence-corrected chi connectivity index (χ4v) is 2.07. The summed E-state index contributed by atoms with van der Waals surface area (Å²) in [5.74, 6) is 6.09. The summed E-state index contributed by atoms with van der Waals surface area (Å²) in [6.45, 7) is 5.73. The van der Waals surface area contributed by atoms with Gasteiger partial charge >= 0.3 is 12.0 Å². The number of anilines is 1. The third-order valence-electron chi connectivity index (χ3n) is 2.35. The topological polar surface area (TPSA) is 95.2 Å². The van der Waals surface area contributed by atoms with Gasteiger partial charge in [-0.15, -0.1) is 4.98 Å². The molecule has 1 heterocycles. The molecular formula is C13H16BrN5O2. The molecule has 0 aliphatic rings. The van der Waals surface area contributed by atoms with E-state index in [0.29, 0.717) is 5.75 Å². The van der Waals surface area contributed by atoms with Gasteiger partial charge in [0.25, 0.3) is 0 Å². The van der Waals surface area contributed by atoms with Gasteiger partial charge < -0.3 is 9.47 Å². The molecule has 0 radical (unpaired) electrons. The van der Waals surface area contributed by atoms with Crippen molar-refractivity contribution >= 4 is 21.9 Å². The average Bonchev–Trinajstić information content (AvgIpc) is 2.41. The van der Waals surface area contributed by atoms with Gasteiger partial charge in [0.15, 0.2) is 0 Å². The quantitative estimate of drug-likeness (QED) is 0.630. The average molecular weight is 354 g/mol. The first kappa shape index (κ1) is 15.5. The SMILES string of the molecule is Cc1ccc(Oc2nc(NN)nc(OC(C)C)n2)c(Br)c1. The van der Waals surface area contributed by atoms with E-state index in [0.717, 1.165) is 10.0 Å². The van der Waals surface area contributed by atoms with Gasteiger partial charge in [-0.05, 0) is 54.4 Å². The summed E-state index contributed by atoms with van der Waals surface area (Å²) in [4.78, 5) is 12.1. The lowest BCUT2D eigenvalue weighted by atomic mass is 10.2. The second-order valence-corrected chi connectivity index (χ2v) is 5.43. The Morgan fingerprint density at radius 3 is 2.52 bits per heavy atom. The first-order valence-electron chi connectivity index (χ1n) is 6.31. The van der Waals surface area contributed by atoms with Crippen LogP contribution in [0, 0.1) is 6.92 Å². The van der Waals surface area contributed by atoms with E-state index >= 15 is 0 Å². The maximum absolute atomic E-state index is 5.64. The van der Waals surface area contributed by atoms with E-state index in [1.807, 2.05) is 39.0 Å². The van der Waals surface area contributed by atoms with Crippen LogP contribution in [0.25, 0.3) is 0 Å². The van der Waals surface area contributed by atoms with Gasteiger partial charge in [-0.25, -0.2) is 5.84 Å². The first-order valence-corrected chi connectivity index (χ1v) is 7.10. The fraction of sp³-hybridized carbons (Fsp3) is 0.308. The highest BCUT2D eigenvalue weighted by atomic mass is 79.9. The molecule has 8 heteroatoms. The monoisotopic (exact) mass is 353 g/mol. The van der Waals surface area contributed by atoms with Crippen molar-refractivity contribution in [2.45, 2.75) is 26.9 Å². The van der Waals surface area contributed by atoms with Crippen LogP contribution in [0.5, 0.6) is 17.8 Å². The maximum Gasteiger partial charge on any atom is 0.330 e. The number of halogens is 1. The predicted molar refractivity (Wildman–Crippen MR) is 82.4 cm³/mol. The van der Waals surface area contributed by atoms with Gasteiger partial charge in [0.2, 0.25) is 5.95 Å². The molecule has 0 saturated heterocycles. The Morgan fingerprint density at radius 2 is 1.90 bits per heavy atom.